The number of carbonyl (C=O) groups excluding carboxylic acids is 1. The molecule has 1 aromatic heterocycles. The van der Waals surface area contributed by atoms with E-state index in [-0.39, 0.29) is 5.91 Å². The van der Waals surface area contributed by atoms with Crippen molar-refractivity contribution >= 4 is 21.8 Å². The van der Waals surface area contributed by atoms with Crippen LogP contribution < -0.4 is 5.32 Å². The molecule has 0 radical (unpaired) electrons. The summed E-state index contributed by atoms with van der Waals surface area (Å²) in [6.07, 6.45) is 11.0. The Morgan fingerprint density at radius 1 is 1.32 bits per heavy atom. The number of amides is 1. The lowest BCUT2D eigenvalue weighted by Crippen LogP contribution is -2.27. The number of hydrogen-bond donors (Lipinski definition) is 1. The second-order valence-electron chi connectivity index (χ2n) is 5.88. The van der Waals surface area contributed by atoms with E-state index in [4.69, 9.17) is 0 Å². The van der Waals surface area contributed by atoms with Crippen LogP contribution in [0.3, 0.4) is 0 Å². The Balaban J connectivity index is 1.54. The highest BCUT2D eigenvalue weighted by atomic mass is 79.9. The van der Waals surface area contributed by atoms with E-state index >= 15 is 0 Å². The predicted octanol–water partition coefficient (Wildman–Crippen LogP) is 3.90. The van der Waals surface area contributed by atoms with E-state index in [1.54, 1.807) is 0 Å². The number of halogens is 1. The van der Waals surface area contributed by atoms with Crippen LogP contribution in [0.5, 0.6) is 0 Å². The molecule has 0 aliphatic heterocycles. The van der Waals surface area contributed by atoms with Crippen molar-refractivity contribution in [1.82, 2.24) is 9.88 Å². The average molecular weight is 325 g/mol. The Morgan fingerprint density at radius 2 is 2.05 bits per heavy atom. The van der Waals surface area contributed by atoms with E-state index in [1.807, 2.05) is 12.3 Å². The summed E-state index contributed by atoms with van der Waals surface area (Å²) >= 11 is 3.47. The maximum Gasteiger partial charge on any atom is 0.267 e. The molecular formula is C15H21BrN2O. The number of carbonyl (C=O) groups is 1. The van der Waals surface area contributed by atoms with E-state index in [0.717, 1.165) is 29.1 Å². The van der Waals surface area contributed by atoms with Gasteiger partial charge in [-0.1, -0.05) is 25.7 Å². The third kappa shape index (κ3) is 3.22. The molecule has 2 saturated carbocycles. The zero-order valence-corrected chi connectivity index (χ0v) is 12.8. The van der Waals surface area contributed by atoms with Gasteiger partial charge < -0.3 is 9.88 Å². The van der Waals surface area contributed by atoms with Crippen LogP contribution >= 0.6 is 15.9 Å². The minimum Gasteiger partial charge on any atom is -0.351 e. The van der Waals surface area contributed by atoms with Crippen LogP contribution in [0.1, 0.15) is 61.5 Å². The molecule has 1 amide bonds. The number of nitrogens with one attached hydrogen (secondary N) is 1. The lowest BCUT2D eigenvalue weighted by Gasteiger charge is -2.11. The van der Waals surface area contributed by atoms with Crippen LogP contribution in [0, 0.1) is 5.92 Å². The van der Waals surface area contributed by atoms with Gasteiger partial charge in [-0.2, -0.15) is 0 Å². The predicted molar refractivity (Wildman–Crippen MR) is 79.3 cm³/mol. The van der Waals surface area contributed by atoms with E-state index in [2.05, 4.69) is 25.8 Å². The van der Waals surface area contributed by atoms with Crippen molar-refractivity contribution in [3.63, 3.8) is 0 Å². The SMILES string of the molecule is O=C(NCCC1CCCC1)c1cc(Br)cn1C1CC1. The molecule has 19 heavy (non-hydrogen) atoms. The molecule has 4 heteroatoms. The highest BCUT2D eigenvalue weighted by Gasteiger charge is 2.27. The standard InChI is InChI=1S/C15H21BrN2O/c16-12-9-14(18(10-12)13-5-6-13)15(19)17-8-7-11-3-1-2-4-11/h9-11,13H,1-8H2,(H,17,19). The van der Waals surface area contributed by atoms with Crippen molar-refractivity contribution in [3.8, 4) is 0 Å². The van der Waals surface area contributed by atoms with Crippen molar-refractivity contribution in [2.24, 2.45) is 5.92 Å². The Kier molecular flexibility index (Phi) is 3.96. The van der Waals surface area contributed by atoms with Crippen LogP contribution in [0.4, 0.5) is 0 Å². The molecule has 1 N–H and O–H groups in total. The molecule has 0 bridgehead atoms. The van der Waals surface area contributed by atoms with Gasteiger partial charge in [0.1, 0.15) is 5.69 Å². The number of hydrogen-bond acceptors (Lipinski definition) is 1. The Bertz CT molecular complexity index is 459. The molecule has 0 unspecified atom stereocenters. The average Bonchev–Trinajstić information content (AvgIpc) is 2.96. The van der Waals surface area contributed by atoms with Crippen LogP contribution in [0.25, 0.3) is 0 Å². The zero-order chi connectivity index (χ0) is 13.2. The molecule has 2 fully saturated rings. The van der Waals surface area contributed by atoms with Gasteiger partial charge in [0.2, 0.25) is 0 Å². The molecule has 2 aliphatic rings. The maximum atomic E-state index is 12.2. The Labute approximate surface area is 122 Å². The smallest absolute Gasteiger partial charge is 0.267 e. The molecule has 0 spiro atoms. The van der Waals surface area contributed by atoms with Crippen molar-refractivity contribution < 1.29 is 4.79 Å². The largest absolute Gasteiger partial charge is 0.351 e. The first-order valence-corrected chi connectivity index (χ1v) is 8.19. The fourth-order valence-corrected chi connectivity index (χ4v) is 3.50. The Morgan fingerprint density at radius 3 is 2.74 bits per heavy atom. The van der Waals surface area contributed by atoms with Gasteiger partial charge in [0.25, 0.3) is 5.91 Å². The van der Waals surface area contributed by atoms with Crippen molar-refractivity contribution in [2.45, 2.75) is 51.0 Å². The highest BCUT2D eigenvalue weighted by Crippen LogP contribution is 2.37. The van der Waals surface area contributed by atoms with Gasteiger partial charge in [-0.15, -0.1) is 0 Å². The van der Waals surface area contributed by atoms with Gasteiger partial charge in [0, 0.05) is 23.3 Å². The van der Waals surface area contributed by atoms with Crippen LogP contribution in [0.15, 0.2) is 16.7 Å². The second-order valence-corrected chi connectivity index (χ2v) is 6.79. The summed E-state index contributed by atoms with van der Waals surface area (Å²) in [7, 11) is 0. The molecule has 1 heterocycles. The molecule has 1 aromatic rings. The minimum atomic E-state index is 0.0793. The minimum absolute atomic E-state index is 0.0793. The third-order valence-electron chi connectivity index (χ3n) is 4.30. The van der Waals surface area contributed by atoms with Gasteiger partial charge in [-0.25, -0.2) is 0 Å². The van der Waals surface area contributed by atoms with Gasteiger partial charge in [-0.3, -0.25) is 4.79 Å². The second kappa shape index (κ2) is 5.70. The van der Waals surface area contributed by atoms with Gasteiger partial charge in [-0.05, 0) is 47.2 Å². The summed E-state index contributed by atoms with van der Waals surface area (Å²) < 4.78 is 3.12. The summed E-state index contributed by atoms with van der Waals surface area (Å²) in [5.41, 5.74) is 0.806. The summed E-state index contributed by atoms with van der Waals surface area (Å²) in [5, 5.41) is 3.08. The van der Waals surface area contributed by atoms with Gasteiger partial charge in [0.05, 0.1) is 0 Å². The lowest BCUT2D eigenvalue weighted by atomic mass is 10.0. The van der Waals surface area contributed by atoms with Crippen molar-refractivity contribution in [1.29, 1.82) is 0 Å². The quantitative estimate of drug-likeness (QED) is 0.875. The molecule has 3 rings (SSSR count). The third-order valence-corrected chi connectivity index (χ3v) is 4.73. The molecule has 3 nitrogen and oxygen atoms in total. The van der Waals surface area contributed by atoms with Crippen LogP contribution in [-0.4, -0.2) is 17.0 Å². The zero-order valence-electron chi connectivity index (χ0n) is 11.2. The lowest BCUT2D eigenvalue weighted by molar-refractivity contribution is 0.0942. The van der Waals surface area contributed by atoms with E-state index in [0.29, 0.717) is 6.04 Å². The molecule has 0 aromatic carbocycles. The van der Waals surface area contributed by atoms with Crippen LogP contribution in [-0.2, 0) is 0 Å². The topological polar surface area (TPSA) is 34.0 Å². The summed E-state index contributed by atoms with van der Waals surface area (Å²) in [4.78, 5) is 12.2. The molecule has 2 aliphatic carbocycles. The van der Waals surface area contributed by atoms with E-state index in [1.165, 1.54) is 38.5 Å². The molecular weight excluding hydrogens is 304 g/mol. The molecule has 0 atom stereocenters. The Hall–Kier alpha value is -0.770. The van der Waals surface area contributed by atoms with Gasteiger partial charge in [0.15, 0.2) is 0 Å². The van der Waals surface area contributed by atoms with Gasteiger partial charge >= 0.3 is 0 Å². The molecule has 0 saturated heterocycles. The number of rotatable bonds is 5. The van der Waals surface area contributed by atoms with E-state index < -0.39 is 0 Å². The summed E-state index contributed by atoms with van der Waals surface area (Å²) in [5.74, 6) is 0.915. The maximum absolute atomic E-state index is 12.2. The van der Waals surface area contributed by atoms with Crippen molar-refractivity contribution in [2.75, 3.05) is 6.54 Å². The first-order valence-electron chi connectivity index (χ1n) is 7.39. The first-order chi connectivity index (χ1) is 9.24. The monoisotopic (exact) mass is 324 g/mol. The van der Waals surface area contributed by atoms with Crippen LogP contribution in [0.2, 0.25) is 0 Å². The summed E-state index contributed by atoms with van der Waals surface area (Å²) in [6, 6.07) is 2.48. The number of nitrogens with zero attached hydrogens (tertiary/aromatic N) is 1. The fourth-order valence-electron chi connectivity index (χ4n) is 3.06. The van der Waals surface area contributed by atoms with Crippen molar-refractivity contribution in [3.05, 3.63) is 22.4 Å². The first kappa shape index (κ1) is 13.2. The number of aromatic nitrogens is 1. The molecule has 104 valence electrons. The van der Waals surface area contributed by atoms with E-state index in [9.17, 15) is 4.79 Å². The normalized spacial score (nSPS) is 19.8. The fraction of sp³-hybridized carbons (Fsp3) is 0.667. The highest BCUT2D eigenvalue weighted by molar-refractivity contribution is 9.10. The summed E-state index contributed by atoms with van der Waals surface area (Å²) in [6.45, 7) is 0.816.